The number of carbonyl (C=O) groups is 1. The van der Waals surface area contributed by atoms with Gasteiger partial charge in [0.2, 0.25) is 0 Å². The van der Waals surface area contributed by atoms with Crippen LogP contribution in [0.1, 0.15) is 46.7 Å². The maximum atomic E-state index is 13.0. The number of benzene rings is 2. The van der Waals surface area contributed by atoms with Gasteiger partial charge in [-0.2, -0.15) is 5.10 Å². The van der Waals surface area contributed by atoms with Gasteiger partial charge in [0.25, 0.3) is 5.91 Å². The molecule has 0 aliphatic rings. The minimum Gasteiger partial charge on any atom is -0.374 e. The highest BCUT2D eigenvalue weighted by Crippen LogP contribution is 2.38. The van der Waals surface area contributed by atoms with Crippen molar-refractivity contribution < 1.29 is 9.90 Å². The summed E-state index contributed by atoms with van der Waals surface area (Å²) in [5.74, 6) is -0.235. The Balaban J connectivity index is 1.62. The summed E-state index contributed by atoms with van der Waals surface area (Å²) >= 11 is 0. The van der Waals surface area contributed by atoms with Gasteiger partial charge in [0.05, 0.1) is 17.4 Å². The maximum Gasteiger partial charge on any atom is 0.257 e. The lowest BCUT2D eigenvalue weighted by Gasteiger charge is -2.29. The Morgan fingerprint density at radius 2 is 1.60 bits per heavy atom. The average Bonchev–Trinajstić information content (AvgIpc) is 3.53. The lowest BCUT2D eigenvalue weighted by atomic mass is 9.82. The van der Waals surface area contributed by atoms with E-state index in [1.165, 1.54) is 0 Å². The number of anilines is 1. The van der Waals surface area contributed by atoms with Crippen LogP contribution in [0, 0.1) is 0 Å². The molecule has 0 saturated carbocycles. The predicted octanol–water partition coefficient (Wildman–Crippen LogP) is 4.65. The number of nitrogens with one attached hydrogen (secondary N) is 1. The number of aliphatic hydroxyl groups is 1. The SMILES string of the molecule is CCc1c(C(O)(c2ccccc2)c2ccccc2)nc2ccc(C(=O)Nc3cnn(CC)c3)cn12. The van der Waals surface area contributed by atoms with Crippen LogP contribution in [-0.2, 0) is 18.6 Å². The fraction of sp³-hybridized carbons (Fsp3) is 0.179. The van der Waals surface area contributed by atoms with Crippen LogP contribution in [0.2, 0.25) is 0 Å². The third-order valence-corrected chi connectivity index (χ3v) is 6.26. The van der Waals surface area contributed by atoms with Crippen molar-refractivity contribution in [3.8, 4) is 0 Å². The molecule has 5 rings (SSSR count). The molecule has 0 aliphatic heterocycles. The van der Waals surface area contributed by atoms with Gasteiger partial charge in [-0.1, -0.05) is 67.6 Å². The molecular weight excluding hydrogens is 438 g/mol. The Hall–Kier alpha value is -4.23. The predicted molar refractivity (Wildman–Crippen MR) is 135 cm³/mol. The Kier molecular flexibility index (Phi) is 5.93. The van der Waals surface area contributed by atoms with Crippen LogP contribution >= 0.6 is 0 Å². The summed E-state index contributed by atoms with van der Waals surface area (Å²) in [6.07, 6.45) is 5.82. The number of imidazole rings is 1. The molecule has 35 heavy (non-hydrogen) atoms. The number of hydrogen-bond acceptors (Lipinski definition) is 4. The zero-order chi connectivity index (χ0) is 24.4. The van der Waals surface area contributed by atoms with Crippen LogP contribution < -0.4 is 5.32 Å². The monoisotopic (exact) mass is 465 g/mol. The second-order valence-electron chi connectivity index (χ2n) is 8.39. The van der Waals surface area contributed by atoms with Gasteiger partial charge in [0, 0.05) is 24.6 Å². The topological polar surface area (TPSA) is 84.5 Å². The number of hydrogen-bond donors (Lipinski definition) is 2. The van der Waals surface area contributed by atoms with E-state index in [0.29, 0.717) is 29.0 Å². The lowest BCUT2D eigenvalue weighted by Crippen LogP contribution is -2.30. The Labute approximate surface area is 203 Å². The van der Waals surface area contributed by atoms with E-state index in [2.05, 4.69) is 10.4 Å². The molecule has 2 aromatic carbocycles. The number of aromatic nitrogens is 4. The highest BCUT2D eigenvalue weighted by molar-refractivity contribution is 6.04. The number of aryl methyl sites for hydroxylation is 2. The van der Waals surface area contributed by atoms with Gasteiger partial charge in [-0.3, -0.25) is 9.48 Å². The van der Waals surface area contributed by atoms with Crippen molar-refractivity contribution in [3.05, 3.63) is 119 Å². The second-order valence-corrected chi connectivity index (χ2v) is 8.39. The van der Waals surface area contributed by atoms with E-state index in [0.717, 1.165) is 23.4 Å². The molecule has 0 aliphatic carbocycles. The molecule has 7 heteroatoms. The molecule has 0 saturated heterocycles. The van der Waals surface area contributed by atoms with Crippen LogP contribution in [0.4, 0.5) is 5.69 Å². The molecule has 5 aromatic rings. The molecule has 176 valence electrons. The van der Waals surface area contributed by atoms with E-state index in [9.17, 15) is 9.90 Å². The van der Waals surface area contributed by atoms with Crippen LogP contribution in [0.5, 0.6) is 0 Å². The van der Waals surface area contributed by atoms with E-state index in [1.54, 1.807) is 29.3 Å². The van der Waals surface area contributed by atoms with Gasteiger partial charge in [-0.25, -0.2) is 4.98 Å². The fourth-order valence-electron chi connectivity index (χ4n) is 4.46. The minimum atomic E-state index is -1.45. The van der Waals surface area contributed by atoms with Gasteiger partial charge in [0.1, 0.15) is 11.3 Å². The Morgan fingerprint density at radius 3 is 2.17 bits per heavy atom. The van der Waals surface area contributed by atoms with Crippen molar-refractivity contribution in [2.45, 2.75) is 32.4 Å². The molecule has 3 heterocycles. The number of nitrogens with zero attached hydrogens (tertiary/aromatic N) is 4. The number of fused-ring (bicyclic) bond motifs is 1. The largest absolute Gasteiger partial charge is 0.374 e. The molecular formula is C28H27N5O2. The molecule has 0 unspecified atom stereocenters. The van der Waals surface area contributed by atoms with Crippen molar-refractivity contribution in [3.63, 3.8) is 0 Å². The van der Waals surface area contributed by atoms with Crippen LogP contribution in [0.25, 0.3) is 5.65 Å². The van der Waals surface area contributed by atoms with Gasteiger partial charge in [0.15, 0.2) is 5.60 Å². The van der Waals surface area contributed by atoms with E-state index in [-0.39, 0.29) is 5.91 Å². The third-order valence-electron chi connectivity index (χ3n) is 6.26. The standard InChI is InChI=1S/C28H27N5O2/c1-3-24-26(28(35,21-11-7-5-8-12-21)22-13-9-6-10-14-22)31-25-16-15-20(18-33(24)25)27(34)30-23-17-29-32(4-2)19-23/h5-19,35H,3-4H2,1-2H3,(H,30,34). The molecule has 1 amide bonds. The highest BCUT2D eigenvalue weighted by atomic mass is 16.3. The summed E-state index contributed by atoms with van der Waals surface area (Å²) in [5, 5.41) is 19.4. The third kappa shape index (κ3) is 4.00. The molecule has 0 atom stereocenters. The first-order chi connectivity index (χ1) is 17.0. The number of amides is 1. The number of pyridine rings is 1. The zero-order valence-electron chi connectivity index (χ0n) is 19.7. The zero-order valence-corrected chi connectivity index (χ0v) is 19.7. The summed E-state index contributed by atoms with van der Waals surface area (Å²) in [7, 11) is 0. The fourth-order valence-corrected chi connectivity index (χ4v) is 4.46. The summed E-state index contributed by atoms with van der Waals surface area (Å²) in [5.41, 5.74) is 3.20. The van der Waals surface area contributed by atoms with Crippen LogP contribution in [0.15, 0.2) is 91.4 Å². The second kappa shape index (κ2) is 9.19. The molecule has 0 radical (unpaired) electrons. The van der Waals surface area contributed by atoms with Crippen molar-refractivity contribution in [1.29, 1.82) is 0 Å². The van der Waals surface area contributed by atoms with Gasteiger partial charge in [-0.05, 0) is 36.6 Å². The van der Waals surface area contributed by atoms with Crippen LogP contribution in [-0.4, -0.2) is 30.2 Å². The smallest absolute Gasteiger partial charge is 0.257 e. The van der Waals surface area contributed by atoms with E-state index in [1.807, 2.05) is 85.0 Å². The summed E-state index contributed by atoms with van der Waals surface area (Å²) in [6, 6.07) is 22.7. The van der Waals surface area contributed by atoms with Crippen molar-refractivity contribution in [1.82, 2.24) is 19.2 Å². The number of rotatable bonds is 7. The molecule has 0 fully saturated rings. The minimum absolute atomic E-state index is 0.235. The van der Waals surface area contributed by atoms with Gasteiger partial charge >= 0.3 is 0 Å². The summed E-state index contributed by atoms with van der Waals surface area (Å²) in [6.45, 7) is 4.74. The summed E-state index contributed by atoms with van der Waals surface area (Å²) in [4.78, 5) is 17.8. The average molecular weight is 466 g/mol. The highest BCUT2D eigenvalue weighted by Gasteiger charge is 2.38. The van der Waals surface area contributed by atoms with Gasteiger partial charge in [-0.15, -0.1) is 0 Å². The number of carbonyl (C=O) groups excluding carboxylic acids is 1. The normalized spacial score (nSPS) is 11.6. The van der Waals surface area contributed by atoms with Crippen molar-refractivity contribution in [2.75, 3.05) is 5.32 Å². The molecule has 3 aromatic heterocycles. The first-order valence-corrected chi connectivity index (χ1v) is 11.7. The van der Waals surface area contributed by atoms with Gasteiger partial charge < -0.3 is 14.8 Å². The van der Waals surface area contributed by atoms with Crippen molar-refractivity contribution >= 4 is 17.2 Å². The van der Waals surface area contributed by atoms with Crippen LogP contribution in [0.3, 0.4) is 0 Å². The quantitative estimate of drug-likeness (QED) is 0.366. The molecule has 2 N–H and O–H groups in total. The van der Waals surface area contributed by atoms with E-state index < -0.39 is 5.60 Å². The van der Waals surface area contributed by atoms with Crippen molar-refractivity contribution in [2.24, 2.45) is 0 Å². The molecule has 7 nitrogen and oxygen atoms in total. The van der Waals surface area contributed by atoms with E-state index in [4.69, 9.17) is 4.98 Å². The first kappa shape index (κ1) is 22.6. The van der Waals surface area contributed by atoms with E-state index >= 15 is 0 Å². The Morgan fingerprint density at radius 1 is 0.943 bits per heavy atom. The molecule has 0 spiro atoms. The summed E-state index contributed by atoms with van der Waals surface area (Å²) < 4.78 is 3.65. The lowest BCUT2D eigenvalue weighted by molar-refractivity contribution is 0.102. The Bertz CT molecular complexity index is 1430. The first-order valence-electron chi connectivity index (χ1n) is 11.7. The maximum absolute atomic E-state index is 13.0. The molecule has 0 bridgehead atoms.